The third-order valence-corrected chi connectivity index (χ3v) is 9.84. The molecule has 0 rings (SSSR count). The summed E-state index contributed by atoms with van der Waals surface area (Å²) in [6, 6.07) is -1.48. The first-order valence-electron chi connectivity index (χ1n) is 21.0. The van der Waals surface area contributed by atoms with Crippen molar-refractivity contribution in [2.24, 2.45) is 5.73 Å². The van der Waals surface area contributed by atoms with Gasteiger partial charge in [0.25, 0.3) is 0 Å². The van der Waals surface area contributed by atoms with Gasteiger partial charge in [0.15, 0.2) is 0 Å². The van der Waals surface area contributed by atoms with E-state index in [-0.39, 0.29) is 13.0 Å². The number of aliphatic carboxylic acids is 1. The summed E-state index contributed by atoms with van der Waals surface area (Å²) in [7, 11) is -4.62. The van der Waals surface area contributed by atoms with E-state index in [1.165, 1.54) is 89.9 Å². The number of unbranched alkanes of at least 4 members (excludes halogenated alkanes) is 20. The highest BCUT2D eigenvalue weighted by Crippen LogP contribution is 2.43. The van der Waals surface area contributed by atoms with E-state index in [1.54, 1.807) is 0 Å². The number of carbonyl (C=O) groups is 2. The first-order chi connectivity index (χ1) is 25.7. The Morgan fingerprint density at radius 3 is 1.58 bits per heavy atom. The Morgan fingerprint density at radius 2 is 1.04 bits per heavy atom. The van der Waals surface area contributed by atoms with Gasteiger partial charge in [-0.1, -0.05) is 140 Å². The van der Waals surface area contributed by atoms with Crippen LogP contribution in [0.25, 0.3) is 0 Å². The number of hydrogen-bond acceptors (Lipinski definition) is 8. The van der Waals surface area contributed by atoms with E-state index in [2.05, 4.69) is 50.3 Å². The monoisotopic (exact) mass is 772 g/mol. The molecule has 4 N–H and O–H groups in total. The van der Waals surface area contributed by atoms with Crippen LogP contribution in [0.15, 0.2) is 36.5 Å². The van der Waals surface area contributed by atoms with E-state index in [1.807, 2.05) is 0 Å². The Bertz CT molecular complexity index is 988. The molecule has 0 fully saturated rings. The number of phosphoric ester groups is 1. The zero-order chi connectivity index (χ0) is 39.1. The maximum absolute atomic E-state index is 12.6. The fraction of sp³-hybridized carbons (Fsp3) is 0.810. The van der Waals surface area contributed by atoms with Crippen LogP contribution in [0, 0.1) is 0 Å². The molecule has 11 heteroatoms. The zero-order valence-corrected chi connectivity index (χ0v) is 34.5. The van der Waals surface area contributed by atoms with E-state index in [0.29, 0.717) is 13.0 Å². The van der Waals surface area contributed by atoms with E-state index in [9.17, 15) is 19.0 Å². The number of ether oxygens (including phenoxy) is 2. The Labute approximate surface area is 323 Å². The highest BCUT2D eigenvalue weighted by atomic mass is 31.2. The number of hydrogen-bond donors (Lipinski definition) is 3. The highest BCUT2D eigenvalue weighted by molar-refractivity contribution is 7.47. The number of phosphoric acid groups is 1. The number of carboxylic acids is 1. The molecule has 310 valence electrons. The van der Waals surface area contributed by atoms with Crippen molar-refractivity contribution in [1.82, 2.24) is 0 Å². The van der Waals surface area contributed by atoms with Gasteiger partial charge in [-0.3, -0.25) is 18.6 Å². The lowest BCUT2D eigenvalue weighted by Crippen LogP contribution is -2.34. The van der Waals surface area contributed by atoms with Crippen molar-refractivity contribution < 1.29 is 42.7 Å². The summed E-state index contributed by atoms with van der Waals surface area (Å²) in [5.41, 5.74) is 5.35. The molecule has 0 aliphatic carbocycles. The van der Waals surface area contributed by atoms with Gasteiger partial charge in [-0.25, -0.2) is 4.57 Å². The standard InChI is InChI=1S/C42H78NO9P/c1-3-5-7-9-11-13-15-17-19-21-23-25-27-29-31-33-35-49-36-39(37-50-53(47,48)51-38-40(43)42(45)46)52-41(44)34-32-30-28-26-24-22-20-18-16-14-12-10-8-6-4-2/h12,14,17-20,39-40H,3-11,13,15-16,21-38,43H2,1-2H3,(H,45,46)(H,47,48)/b14-12-,19-17-,20-18-. The Balaban J connectivity index is 4.29. The maximum atomic E-state index is 12.6. The van der Waals surface area contributed by atoms with Crippen LogP contribution in [0.5, 0.6) is 0 Å². The fourth-order valence-corrected chi connectivity index (χ4v) is 6.35. The minimum Gasteiger partial charge on any atom is -0.480 e. The van der Waals surface area contributed by atoms with Crippen LogP contribution in [0.2, 0.25) is 0 Å². The van der Waals surface area contributed by atoms with Crippen molar-refractivity contribution in [3.63, 3.8) is 0 Å². The molecule has 0 bridgehead atoms. The molecule has 0 heterocycles. The fourth-order valence-electron chi connectivity index (χ4n) is 5.57. The van der Waals surface area contributed by atoms with Crippen molar-refractivity contribution in [1.29, 1.82) is 0 Å². The molecule has 0 aromatic rings. The lowest BCUT2D eigenvalue weighted by molar-refractivity contribution is -0.154. The second-order valence-electron chi connectivity index (χ2n) is 14.1. The SMILES string of the molecule is CCCCC/C=C\C/C=C\CCCCCCCC(=O)OC(COCCCCCCCC/C=C\CCCCCCCC)COP(=O)(O)OCC(N)C(=O)O. The molecule has 0 aliphatic heterocycles. The van der Waals surface area contributed by atoms with Gasteiger partial charge in [0.1, 0.15) is 12.1 Å². The molecule has 0 aromatic carbocycles. The predicted molar refractivity (Wildman–Crippen MR) is 217 cm³/mol. The van der Waals surface area contributed by atoms with Crippen molar-refractivity contribution in [3.8, 4) is 0 Å². The number of carboxylic acid groups (broad SMARTS) is 1. The second kappa shape index (κ2) is 38.5. The van der Waals surface area contributed by atoms with Crippen LogP contribution >= 0.6 is 7.82 Å². The third kappa shape index (κ3) is 38.3. The van der Waals surface area contributed by atoms with Gasteiger partial charge in [-0.15, -0.1) is 0 Å². The summed E-state index contributed by atoms with van der Waals surface area (Å²) in [5.74, 6) is -1.79. The van der Waals surface area contributed by atoms with Crippen LogP contribution in [0.3, 0.4) is 0 Å². The number of nitrogens with two attached hydrogens (primary N) is 1. The smallest absolute Gasteiger partial charge is 0.472 e. The Morgan fingerprint density at radius 1 is 0.604 bits per heavy atom. The Kier molecular flexibility index (Phi) is 37.2. The van der Waals surface area contributed by atoms with Gasteiger partial charge in [0, 0.05) is 13.0 Å². The summed E-state index contributed by atoms with van der Waals surface area (Å²) >= 11 is 0. The molecule has 0 saturated carbocycles. The highest BCUT2D eigenvalue weighted by Gasteiger charge is 2.27. The molecule has 0 aromatic heterocycles. The maximum Gasteiger partial charge on any atom is 0.472 e. The summed E-state index contributed by atoms with van der Waals surface area (Å²) in [6.45, 7) is 3.82. The average Bonchev–Trinajstić information content (AvgIpc) is 3.13. The molecular weight excluding hydrogens is 693 g/mol. The first kappa shape index (κ1) is 51.2. The molecule has 0 spiro atoms. The minimum atomic E-state index is -4.62. The van der Waals surface area contributed by atoms with E-state index < -0.39 is 45.1 Å². The van der Waals surface area contributed by atoms with E-state index in [0.717, 1.165) is 64.2 Å². The van der Waals surface area contributed by atoms with Crippen LogP contribution in [-0.4, -0.2) is 60.5 Å². The number of rotatable bonds is 40. The minimum absolute atomic E-state index is 0.00756. The van der Waals surface area contributed by atoms with Gasteiger partial charge >= 0.3 is 19.8 Å². The molecule has 3 unspecified atom stereocenters. The number of allylic oxidation sites excluding steroid dienone is 6. The van der Waals surface area contributed by atoms with Crippen molar-refractivity contribution in [2.45, 2.75) is 193 Å². The average molecular weight is 772 g/mol. The zero-order valence-electron chi connectivity index (χ0n) is 33.6. The molecule has 0 saturated heterocycles. The molecular formula is C42H78NO9P. The van der Waals surface area contributed by atoms with Crippen molar-refractivity contribution in [3.05, 3.63) is 36.5 Å². The molecule has 0 radical (unpaired) electrons. The first-order valence-corrected chi connectivity index (χ1v) is 22.5. The lowest BCUT2D eigenvalue weighted by atomic mass is 10.1. The summed E-state index contributed by atoms with van der Waals surface area (Å²) in [4.78, 5) is 33.5. The third-order valence-electron chi connectivity index (χ3n) is 8.89. The van der Waals surface area contributed by atoms with Gasteiger partial charge in [0.2, 0.25) is 0 Å². The predicted octanol–water partition coefficient (Wildman–Crippen LogP) is 11.3. The Hall–Kier alpha value is -1.81. The van der Waals surface area contributed by atoms with Gasteiger partial charge in [-0.05, 0) is 70.6 Å². The molecule has 3 atom stereocenters. The van der Waals surface area contributed by atoms with Gasteiger partial charge in [-0.2, -0.15) is 0 Å². The molecule has 53 heavy (non-hydrogen) atoms. The number of carbonyl (C=O) groups excluding carboxylic acids is 1. The van der Waals surface area contributed by atoms with E-state index in [4.69, 9.17) is 29.4 Å². The van der Waals surface area contributed by atoms with Gasteiger partial charge in [0.05, 0.1) is 19.8 Å². The quantitative estimate of drug-likeness (QED) is 0.0237. The normalized spacial score (nSPS) is 14.3. The van der Waals surface area contributed by atoms with Gasteiger partial charge < -0.3 is 25.2 Å². The molecule has 10 nitrogen and oxygen atoms in total. The van der Waals surface area contributed by atoms with E-state index >= 15 is 0 Å². The van der Waals surface area contributed by atoms with Crippen molar-refractivity contribution >= 4 is 19.8 Å². The van der Waals surface area contributed by atoms with Crippen LogP contribution in [0.1, 0.15) is 181 Å². The second-order valence-corrected chi connectivity index (χ2v) is 15.6. The number of esters is 1. The van der Waals surface area contributed by atoms with Crippen LogP contribution in [-0.2, 0) is 32.7 Å². The summed E-state index contributed by atoms with van der Waals surface area (Å²) in [5, 5.41) is 8.88. The van der Waals surface area contributed by atoms with Crippen LogP contribution in [0.4, 0.5) is 0 Å². The molecule has 0 amide bonds. The molecule has 0 aliphatic rings. The summed E-state index contributed by atoms with van der Waals surface area (Å²) in [6.07, 6.45) is 41.9. The van der Waals surface area contributed by atoms with Crippen molar-refractivity contribution in [2.75, 3.05) is 26.4 Å². The summed E-state index contributed by atoms with van der Waals surface area (Å²) < 4.78 is 33.3. The topological polar surface area (TPSA) is 155 Å². The largest absolute Gasteiger partial charge is 0.480 e. The lowest BCUT2D eigenvalue weighted by Gasteiger charge is -2.20. The van der Waals surface area contributed by atoms with Crippen LogP contribution < -0.4 is 5.73 Å².